The Morgan fingerprint density at radius 2 is 2.15 bits per heavy atom. The Labute approximate surface area is 123 Å². The van der Waals surface area contributed by atoms with Crippen LogP contribution in [0.15, 0.2) is 36.5 Å². The Morgan fingerprint density at radius 3 is 2.90 bits per heavy atom. The van der Waals surface area contributed by atoms with E-state index in [4.69, 9.17) is 17.3 Å². The van der Waals surface area contributed by atoms with Gasteiger partial charge in [-0.1, -0.05) is 43.1 Å². The van der Waals surface area contributed by atoms with Crippen molar-refractivity contribution in [2.45, 2.75) is 19.8 Å². The number of hydrogen-bond acceptors (Lipinski definition) is 3. The molecule has 1 heterocycles. The number of aryl methyl sites for hydroxylation is 1. The Morgan fingerprint density at radius 1 is 1.40 bits per heavy atom. The molecular weight excluding hydrogens is 274 g/mol. The van der Waals surface area contributed by atoms with E-state index >= 15 is 0 Å². The standard InChI is InChI=1S/C15H16ClN3O/c1-2-5-10-6-3-4-7-13(10)19-15(20)11-8-14(16)18-9-12(11)17/h3-4,6-9H,2,5,17H2,1H3,(H,19,20). The smallest absolute Gasteiger partial charge is 0.257 e. The Hall–Kier alpha value is -2.07. The number of hydrogen-bond donors (Lipinski definition) is 2. The number of benzene rings is 1. The monoisotopic (exact) mass is 289 g/mol. The molecule has 3 N–H and O–H groups in total. The van der Waals surface area contributed by atoms with Gasteiger partial charge in [0.1, 0.15) is 5.15 Å². The summed E-state index contributed by atoms with van der Waals surface area (Å²) in [5.74, 6) is -0.282. The minimum Gasteiger partial charge on any atom is -0.397 e. The number of nitrogens with zero attached hydrogens (tertiary/aromatic N) is 1. The zero-order chi connectivity index (χ0) is 14.5. The van der Waals surface area contributed by atoms with Crippen molar-refractivity contribution in [2.75, 3.05) is 11.1 Å². The van der Waals surface area contributed by atoms with Crippen LogP contribution in [0.5, 0.6) is 0 Å². The van der Waals surface area contributed by atoms with E-state index in [1.165, 1.54) is 12.3 Å². The third-order valence-electron chi connectivity index (χ3n) is 2.93. The molecule has 0 radical (unpaired) electrons. The molecule has 5 heteroatoms. The van der Waals surface area contributed by atoms with Crippen molar-refractivity contribution in [3.63, 3.8) is 0 Å². The van der Waals surface area contributed by atoms with E-state index in [0.29, 0.717) is 11.3 Å². The summed E-state index contributed by atoms with van der Waals surface area (Å²) in [4.78, 5) is 16.1. The summed E-state index contributed by atoms with van der Waals surface area (Å²) < 4.78 is 0. The number of nitrogen functional groups attached to an aromatic ring is 1. The molecule has 0 saturated heterocycles. The van der Waals surface area contributed by atoms with Crippen LogP contribution in [0.4, 0.5) is 11.4 Å². The van der Waals surface area contributed by atoms with E-state index in [1.807, 2.05) is 24.3 Å². The molecule has 0 spiro atoms. The van der Waals surface area contributed by atoms with Gasteiger partial charge >= 0.3 is 0 Å². The largest absolute Gasteiger partial charge is 0.397 e. The summed E-state index contributed by atoms with van der Waals surface area (Å²) in [6.45, 7) is 2.10. The maximum Gasteiger partial charge on any atom is 0.257 e. The molecule has 1 aromatic carbocycles. The molecule has 1 amide bonds. The van der Waals surface area contributed by atoms with Crippen LogP contribution in [0.3, 0.4) is 0 Å². The third kappa shape index (κ3) is 3.27. The molecule has 104 valence electrons. The van der Waals surface area contributed by atoms with E-state index in [2.05, 4.69) is 17.2 Å². The number of halogens is 1. The Kier molecular flexibility index (Phi) is 4.58. The molecule has 0 atom stereocenters. The number of para-hydroxylation sites is 1. The molecule has 0 saturated carbocycles. The first-order valence-electron chi connectivity index (χ1n) is 6.42. The summed E-state index contributed by atoms with van der Waals surface area (Å²) in [5.41, 5.74) is 8.29. The fourth-order valence-electron chi connectivity index (χ4n) is 1.96. The van der Waals surface area contributed by atoms with Gasteiger partial charge in [-0.05, 0) is 24.1 Å². The molecule has 0 aliphatic rings. The lowest BCUT2D eigenvalue weighted by Gasteiger charge is -2.11. The Bertz CT molecular complexity index is 628. The number of carbonyl (C=O) groups excluding carboxylic acids is 1. The number of rotatable bonds is 4. The highest BCUT2D eigenvalue weighted by atomic mass is 35.5. The van der Waals surface area contributed by atoms with Crippen LogP contribution in [0, 0.1) is 0 Å². The zero-order valence-electron chi connectivity index (χ0n) is 11.2. The van der Waals surface area contributed by atoms with E-state index in [0.717, 1.165) is 24.1 Å². The van der Waals surface area contributed by atoms with Crippen molar-refractivity contribution >= 4 is 28.9 Å². The lowest BCUT2D eigenvalue weighted by Crippen LogP contribution is -2.15. The highest BCUT2D eigenvalue weighted by Gasteiger charge is 2.12. The van der Waals surface area contributed by atoms with Gasteiger partial charge in [-0.15, -0.1) is 0 Å². The molecule has 4 nitrogen and oxygen atoms in total. The summed E-state index contributed by atoms with van der Waals surface area (Å²) >= 11 is 5.80. The van der Waals surface area contributed by atoms with Gasteiger partial charge in [0.15, 0.2) is 0 Å². The van der Waals surface area contributed by atoms with Crippen molar-refractivity contribution < 1.29 is 4.79 Å². The average Bonchev–Trinajstić information content (AvgIpc) is 2.44. The molecule has 0 unspecified atom stereocenters. The number of carbonyl (C=O) groups is 1. The van der Waals surface area contributed by atoms with Crippen LogP contribution in [0.25, 0.3) is 0 Å². The summed E-state index contributed by atoms with van der Waals surface area (Å²) in [5, 5.41) is 3.12. The van der Waals surface area contributed by atoms with E-state index in [9.17, 15) is 4.79 Å². The van der Waals surface area contributed by atoms with Gasteiger partial charge in [0, 0.05) is 5.69 Å². The SMILES string of the molecule is CCCc1ccccc1NC(=O)c1cc(Cl)ncc1N. The van der Waals surface area contributed by atoms with Gasteiger partial charge in [0.2, 0.25) is 0 Å². The highest BCUT2D eigenvalue weighted by Crippen LogP contribution is 2.20. The predicted octanol–water partition coefficient (Wildman–Crippen LogP) is 3.52. The van der Waals surface area contributed by atoms with Crippen molar-refractivity contribution in [3.8, 4) is 0 Å². The maximum absolute atomic E-state index is 12.3. The highest BCUT2D eigenvalue weighted by molar-refractivity contribution is 6.30. The van der Waals surface area contributed by atoms with Crippen LogP contribution in [0.1, 0.15) is 29.3 Å². The number of pyridine rings is 1. The first-order chi connectivity index (χ1) is 9.61. The molecule has 20 heavy (non-hydrogen) atoms. The van der Waals surface area contributed by atoms with Crippen LogP contribution in [-0.2, 0) is 6.42 Å². The minimum absolute atomic E-state index is 0.242. The Balaban J connectivity index is 2.26. The number of amides is 1. The molecule has 0 bridgehead atoms. The average molecular weight is 290 g/mol. The van der Waals surface area contributed by atoms with Crippen LogP contribution in [-0.4, -0.2) is 10.9 Å². The molecule has 1 aromatic heterocycles. The second kappa shape index (κ2) is 6.39. The fraction of sp³-hybridized carbons (Fsp3) is 0.200. The fourth-order valence-corrected chi connectivity index (χ4v) is 2.11. The molecule has 0 aliphatic carbocycles. The van der Waals surface area contributed by atoms with Gasteiger partial charge in [-0.25, -0.2) is 4.98 Å². The zero-order valence-corrected chi connectivity index (χ0v) is 11.9. The van der Waals surface area contributed by atoms with Crippen molar-refractivity contribution in [3.05, 3.63) is 52.8 Å². The molecular formula is C15H16ClN3O. The van der Waals surface area contributed by atoms with E-state index in [1.54, 1.807) is 0 Å². The maximum atomic E-state index is 12.3. The van der Waals surface area contributed by atoms with E-state index < -0.39 is 0 Å². The normalized spacial score (nSPS) is 10.3. The minimum atomic E-state index is -0.282. The van der Waals surface area contributed by atoms with Crippen molar-refractivity contribution in [1.29, 1.82) is 0 Å². The van der Waals surface area contributed by atoms with Gasteiger partial charge in [-0.2, -0.15) is 0 Å². The third-order valence-corrected chi connectivity index (χ3v) is 3.14. The van der Waals surface area contributed by atoms with Crippen molar-refractivity contribution in [2.24, 2.45) is 0 Å². The second-order valence-corrected chi connectivity index (χ2v) is 4.84. The van der Waals surface area contributed by atoms with Crippen molar-refractivity contribution in [1.82, 2.24) is 4.98 Å². The molecule has 0 fully saturated rings. The summed E-state index contributed by atoms with van der Waals surface area (Å²) in [6, 6.07) is 9.19. The molecule has 0 aliphatic heterocycles. The van der Waals surface area contributed by atoms with Gasteiger partial charge in [-0.3, -0.25) is 4.79 Å². The van der Waals surface area contributed by atoms with Gasteiger partial charge in [0.25, 0.3) is 5.91 Å². The quantitative estimate of drug-likeness (QED) is 0.846. The number of nitrogens with two attached hydrogens (primary N) is 1. The van der Waals surface area contributed by atoms with Crippen LogP contribution < -0.4 is 11.1 Å². The lowest BCUT2D eigenvalue weighted by atomic mass is 10.1. The number of anilines is 2. The van der Waals surface area contributed by atoms with Gasteiger partial charge in [0.05, 0.1) is 17.4 Å². The molecule has 2 aromatic rings. The van der Waals surface area contributed by atoms with Gasteiger partial charge < -0.3 is 11.1 Å². The number of nitrogens with one attached hydrogen (secondary N) is 1. The van der Waals surface area contributed by atoms with Crippen LogP contribution in [0.2, 0.25) is 5.15 Å². The predicted molar refractivity (Wildman–Crippen MR) is 82.0 cm³/mol. The summed E-state index contributed by atoms with van der Waals surface area (Å²) in [6.07, 6.45) is 3.30. The first-order valence-corrected chi connectivity index (χ1v) is 6.80. The molecule has 2 rings (SSSR count). The second-order valence-electron chi connectivity index (χ2n) is 4.46. The van der Waals surface area contributed by atoms with Crippen LogP contribution >= 0.6 is 11.6 Å². The number of aromatic nitrogens is 1. The van der Waals surface area contributed by atoms with E-state index in [-0.39, 0.29) is 11.1 Å². The lowest BCUT2D eigenvalue weighted by molar-refractivity contribution is 0.102. The first kappa shape index (κ1) is 14.3. The topological polar surface area (TPSA) is 68.0 Å². The summed E-state index contributed by atoms with van der Waals surface area (Å²) in [7, 11) is 0.